The van der Waals surface area contributed by atoms with Crippen molar-refractivity contribution in [3.63, 3.8) is 0 Å². The fourth-order valence-electron chi connectivity index (χ4n) is 1.17. The molecule has 0 saturated carbocycles. The lowest BCUT2D eigenvalue weighted by Crippen LogP contribution is -2.12. The lowest BCUT2D eigenvalue weighted by atomic mass is 10.1. The van der Waals surface area contributed by atoms with Crippen molar-refractivity contribution in [2.45, 2.75) is 31.3 Å². The van der Waals surface area contributed by atoms with Crippen LogP contribution in [0.2, 0.25) is 0 Å². The monoisotopic (exact) mass is 238 g/mol. The summed E-state index contributed by atoms with van der Waals surface area (Å²) >= 11 is 1.82. The van der Waals surface area contributed by atoms with E-state index in [2.05, 4.69) is 20.8 Å². The summed E-state index contributed by atoms with van der Waals surface area (Å²) in [6, 6.07) is 5.23. The third kappa shape index (κ3) is 3.77. The van der Waals surface area contributed by atoms with Gasteiger partial charge in [0, 0.05) is 21.8 Å². The fraction of sp³-hybridized carbons (Fsp3) is 0.417. The van der Waals surface area contributed by atoms with Gasteiger partial charge in [-0.3, -0.25) is 4.79 Å². The van der Waals surface area contributed by atoms with Crippen LogP contribution in [0.3, 0.4) is 0 Å². The first-order chi connectivity index (χ1) is 7.29. The van der Waals surface area contributed by atoms with Gasteiger partial charge in [-0.1, -0.05) is 26.8 Å². The van der Waals surface area contributed by atoms with Crippen LogP contribution < -0.4 is 11.5 Å². The number of benzene rings is 1. The molecule has 88 valence electrons. The molecule has 4 N–H and O–H groups in total. The minimum Gasteiger partial charge on any atom is -0.398 e. The highest BCUT2D eigenvalue weighted by molar-refractivity contribution is 7.99. The summed E-state index contributed by atoms with van der Waals surface area (Å²) in [6.07, 6.45) is 0. The summed E-state index contributed by atoms with van der Waals surface area (Å²) in [4.78, 5) is 10.9. The molecule has 0 aliphatic carbocycles. The second kappa shape index (κ2) is 4.78. The fourth-order valence-corrected chi connectivity index (χ4v) is 2.03. The predicted molar refractivity (Wildman–Crippen MR) is 70.4 cm³/mol. The average Bonchev–Trinajstić information content (AvgIpc) is 2.14. The third-order valence-electron chi connectivity index (χ3n) is 2.09. The molecule has 1 aromatic carbocycles. The van der Waals surface area contributed by atoms with Crippen molar-refractivity contribution >= 4 is 23.4 Å². The Morgan fingerprint density at radius 1 is 1.38 bits per heavy atom. The third-order valence-corrected chi connectivity index (χ3v) is 3.41. The molecule has 0 heterocycles. The second-order valence-electron chi connectivity index (χ2n) is 4.68. The molecule has 0 atom stereocenters. The van der Waals surface area contributed by atoms with Crippen molar-refractivity contribution in [1.29, 1.82) is 0 Å². The molecule has 0 aromatic heterocycles. The van der Waals surface area contributed by atoms with Crippen LogP contribution >= 0.6 is 11.8 Å². The summed E-state index contributed by atoms with van der Waals surface area (Å²) in [7, 11) is 0. The molecule has 0 fully saturated rings. The van der Waals surface area contributed by atoms with Crippen molar-refractivity contribution in [3.05, 3.63) is 29.3 Å². The van der Waals surface area contributed by atoms with Crippen LogP contribution in [0.5, 0.6) is 0 Å². The lowest BCUT2D eigenvalue weighted by Gasteiger charge is -2.18. The molecule has 0 spiro atoms. The van der Waals surface area contributed by atoms with Crippen molar-refractivity contribution in [3.8, 4) is 0 Å². The van der Waals surface area contributed by atoms with Gasteiger partial charge in [0.1, 0.15) is 0 Å². The van der Waals surface area contributed by atoms with Gasteiger partial charge in [0.05, 0.1) is 0 Å². The van der Waals surface area contributed by atoms with E-state index in [1.54, 1.807) is 12.1 Å². The first-order valence-corrected chi connectivity index (χ1v) is 6.10. The Hall–Kier alpha value is -1.16. The van der Waals surface area contributed by atoms with E-state index in [4.69, 9.17) is 11.5 Å². The zero-order valence-corrected chi connectivity index (χ0v) is 10.7. The summed E-state index contributed by atoms with van der Waals surface area (Å²) < 4.78 is 0.203. The molecular weight excluding hydrogens is 220 g/mol. The Bertz CT molecular complexity index is 396. The van der Waals surface area contributed by atoms with Gasteiger partial charge in [-0.15, -0.1) is 0 Å². The predicted octanol–water partition coefficient (Wildman–Crippen LogP) is 2.40. The summed E-state index contributed by atoms with van der Waals surface area (Å²) in [5.74, 6) is 0.399. The summed E-state index contributed by atoms with van der Waals surface area (Å²) in [6.45, 7) is 6.48. The zero-order valence-electron chi connectivity index (χ0n) is 9.91. The highest BCUT2D eigenvalue weighted by Gasteiger charge is 2.12. The van der Waals surface area contributed by atoms with Gasteiger partial charge in [-0.25, -0.2) is 0 Å². The van der Waals surface area contributed by atoms with Crippen LogP contribution in [0.1, 0.15) is 36.7 Å². The number of nitrogen functional groups attached to an aromatic ring is 1. The second-order valence-corrected chi connectivity index (χ2v) is 6.48. The van der Waals surface area contributed by atoms with E-state index >= 15 is 0 Å². The molecule has 0 bridgehead atoms. The van der Waals surface area contributed by atoms with Crippen LogP contribution in [-0.2, 0) is 5.75 Å². The number of carbonyl (C=O) groups is 1. The standard InChI is InChI=1S/C12H18N2OS/c1-12(2,3)16-7-9-5-4-8(11(14)15)6-10(9)13/h4-6H,7,13H2,1-3H3,(H2,14,15). The molecule has 0 saturated heterocycles. The number of hydrogen-bond donors (Lipinski definition) is 2. The van der Waals surface area contributed by atoms with Gasteiger partial charge in [-0.2, -0.15) is 11.8 Å². The normalized spacial score (nSPS) is 11.4. The van der Waals surface area contributed by atoms with E-state index in [-0.39, 0.29) is 4.75 Å². The highest BCUT2D eigenvalue weighted by Crippen LogP contribution is 2.29. The van der Waals surface area contributed by atoms with Crippen molar-refractivity contribution in [2.24, 2.45) is 5.73 Å². The molecular formula is C12H18N2OS. The maximum atomic E-state index is 10.9. The summed E-state index contributed by atoms with van der Waals surface area (Å²) in [5.41, 5.74) is 13.2. The maximum Gasteiger partial charge on any atom is 0.248 e. The number of anilines is 1. The van der Waals surface area contributed by atoms with Gasteiger partial charge >= 0.3 is 0 Å². The van der Waals surface area contributed by atoms with Gasteiger partial charge in [0.15, 0.2) is 0 Å². The molecule has 1 aromatic rings. The molecule has 0 unspecified atom stereocenters. The van der Waals surface area contributed by atoms with E-state index < -0.39 is 5.91 Å². The molecule has 1 rings (SSSR count). The van der Waals surface area contributed by atoms with Crippen LogP contribution in [0.25, 0.3) is 0 Å². The quantitative estimate of drug-likeness (QED) is 0.794. The Balaban J connectivity index is 2.80. The van der Waals surface area contributed by atoms with Gasteiger partial charge < -0.3 is 11.5 Å². The Morgan fingerprint density at radius 3 is 2.44 bits per heavy atom. The zero-order chi connectivity index (χ0) is 12.3. The van der Waals surface area contributed by atoms with E-state index in [9.17, 15) is 4.79 Å². The van der Waals surface area contributed by atoms with E-state index in [1.165, 1.54) is 0 Å². The van der Waals surface area contributed by atoms with Crippen molar-refractivity contribution in [2.75, 3.05) is 5.73 Å². The molecule has 0 radical (unpaired) electrons. The number of primary amides is 1. The van der Waals surface area contributed by atoms with Crippen LogP contribution in [-0.4, -0.2) is 10.7 Å². The van der Waals surface area contributed by atoms with E-state index in [0.29, 0.717) is 11.3 Å². The average molecular weight is 238 g/mol. The molecule has 3 nitrogen and oxygen atoms in total. The SMILES string of the molecule is CC(C)(C)SCc1ccc(C(N)=O)cc1N. The molecule has 1 amide bonds. The van der Waals surface area contributed by atoms with Crippen LogP contribution in [0, 0.1) is 0 Å². The van der Waals surface area contributed by atoms with Gasteiger partial charge in [-0.05, 0) is 17.7 Å². The van der Waals surface area contributed by atoms with Crippen molar-refractivity contribution < 1.29 is 4.79 Å². The Labute approximate surface area is 101 Å². The number of hydrogen-bond acceptors (Lipinski definition) is 3. The number of thioether (sulfide) groups is 1. The number of rotatable bonds is 3. The Kier molecular flexibility index (Phi) is 3.86. The molecule has 4 heteroatoms. The molecule has 0 aliphatic heterocycles. The number of nitrogens with two attached hydrogens (primary N) is 2. The van der Waals surface area contributed by atoms with Crippen molar-refractivity contribution in [1.82, 2.24) is 0 Å². The first kappa shape index (κ1) is 12.9. The van der Waals surface area contributed by atoms with E-state index in [1.807, 2.05) is 17.8 Å². The first-order valence-electron chi connectivity index (χ1n) is 5.12. The van der Waals surface area contributed by atoms with Gasteiger partial charge in [0.2, 0.25) is 5.91 Å². The smallest absolute Gasteiger partial charge is 0.248 e. The minimum atomic E-state index is -0.443. The number of amides is 1. The lowest BCUT2D eigenvalue weighted by molar-refractivity contribution is 0.100. The molecule has 16 heavy (non-hydrogen) atoms. The van der Waals surface area contributed by atoms with Crippen LogP contribution in [0.15, 0.2) is 18.2 Å². The van der Waals surface area contributed by atoms with Crippen LogP contribution in [0.4, 0.5) is 5.69 Å². The summed E-state index contributed by atoms with van der Waals surface area (Å²) in [5, 5.41) is 0. The highest BCUT2D eigenvalue weighted by atomic mass is 32.2. The van der Waals surface area contributed by atoms with Gasteiger partial charge in [0.25, 0.3) is 0 Å². The largest absolute Gasteiger partial charge is 0.398 e. The topological polar surface area (TPSA) is 69.1 Å². The Morgan fingerprint density at radius 2 is 2.00 bits per heavy atom. The number of carbonyl (C=O) groups excluding carboxylic acids is 1. The minimum absolute atomic E-state index is 0.203. The molecule has 0 aliphatic rings. The van der Waals surface area contributed by atoms with E-state index in [0.717, 1.165) is 11.3 Å². The maximum absolute atomic E-state index is 10.9.